The van der Waals surface area contributed by atoms with Crippen molar-refractivity contribution in [1.29, 1.82) is 0 Å². The Hall–Kier alpha value is -5.20. The van der Waals surface area contributed by atoms with Crippen molar-refractivity contribution >= 4 is 43.1 Å². The molecule has 0 aliphatic rings. The highest BCUT2D eigenvalue weighted by molar-refractivity contribution is 6.24. The van der Waals surface area contributed by atoms with Gasteiger partial charge in [0.25, 0.3) is 0 Å². The largest absolute Gasteiger partial charge is 0.0622 e. The molecule has 8 aromatic rings. The van der Waals surface area contributed by atoms with E-state index in [1.54, 1.807) is 0 Å². The van der Waals surface area contributed by atoms with Gasteiger partial charge in [0.2, 0.25) is 0 Å². The molecule has 8 aromatic carbocycles. The molecule has 0 heterocycles. The van der Waals surface area contributed by atoms with E-state index in [1.807, 2.05) is 0 Å². The van der Waals surface area contributed by atoms with E-state index in [0.717, 1.165) is 0 Å². The van der Waals surface area contributed by atoms with Gasteiger partial charge in [0.15, 0.2) is 0 Å². The van der Waals surface area contributed by atoms with Gasteiger partial charge in [-0.25, -0.2) is 0 Å². The van der Waals surface area contributed by atoms with E-state index in [4.69, 9.17) is 0 Å². The highest BCUT2D eigenvalue weighted by Crippen LogP contribution is 2.46. The zero-order valence-electron chi connectivity index (χ0n) is 22.0. The lowest BCUT2D eigenvalue weighted by atomic mass is 9.84. The number of fused-ring (bicyclic) bond motifs is 4. The molecule has 40 heavy (non-hydrogen) atoms. The minimum absolute atomic E-state index is 1.25. The van der Waals surface area contributed by atoms with Gasteiger partial charge in [-0.3, -0.25) is 0 Å². The van der Waals surface area contributed by atoms with Gasteiger partial charge < -0.3 is 0 Å². The quantitative estimate of drug-likeness (QED) is 0.209. The van der Waals surface area contributed by atoms with Crippen LogP contribution in [0.15, 0.2) is 158 Å². The molecule has 0 saturated carbocycles. The predicted octanol–water partition coefficient (Wildman–Crippen LogP) is 11.3. The van der Waals surface area contributed by atoms with E-state index in [1.165, 1.54) is 76.5 Å². The maximum absolute atomic E-state index is 2.32. The zero-order valence-corrected chi connectivity index (χ0v) is 22.0. The minimum Gasteiger partial charge on any atom is -0.0622 e. The summed E-state index contributed by atoms with van der Waals surface area (Å²) in [5.41, 5.74) is 7.63. The zero-order chi connectivity index (χ0) is 26.5. The monoisotopic (exact) mass is 506 g/mol. The Bertz CT molecular complexity index is 2150. The second-order valence-electron chi connectivity index (χ2n) is 10.5. The van der Waals surface area contributed by atoms with Gasteiger partial charge in [0.05, 0.1) is 0 Å². The SMILES string of the molecule is c1ccc(-c2c3ccccc3c(-c3cccc4c(-c5ccc6ccccc6c5)cccc34)c3ccccc23)cc1. The summed E-state index contributed by atoms with van der Waals surface area (Å²) in [4.78, 5) is 0. The van der Waals surface area contributed by atoms with Crippen LogP contribution < -0.4 is 0 Å². The highest BCUT2D eigenvalue weighted by atomic mass is 14.2. The van der Waals surface area contributed by atoms with Crippen molar-refractivity contribution in [3.05, 3.63) is 158 Å². The van der Waals surface area contributed by atoms with Crippen LogP contribution in [0.4, 0.5) is 0 Å². The minimum atomic E-state index is 1.25. The Morgan fingerprint density at radius 1 is 0.250 bits per heavy atom. The van der Waals surface area contributed by atoms with Crippen molar-refractivity contribution in [1.82, 2.24) is 0 Å². The molecule has 8 rings (SSSR count). The molecule has 0 amide bonds. The molecular weight excluding hydrogens is 480 g/mol. The lowest BCUT2D eigenvalue weighted by Gasteiger charge is -2.19. The Balaban J connectivity index is 1.45. The predicted molar refractivity (Wildman–Crippen MR) is 173 cm³/mol. The van der Waals surface area contributed by atoms with Crippen LogP contribution in [0.3, 0.4) is 0 Å². The summed E-state index contributed by atoms with van der Waals surface area (Å²) < 4.78 is 0. The summed E-state index contributed by atoms with van der Waals surface area (Å²) in [5, 5.41) is 10.2. The molecule has 0 aliphatic heterocycles. The van der Waals surface area contributed by atoms with Gasteiger partial charge in [-0.05, 0) is 82.5 Å². The van der Waals surface area contributed by atoms with Crippen molar-refractivity contribution in [3.63, 3.8) is 0 Å². The molecule has 0 fully saturated rings. The third-order valence-corrected chi connectivity index (χ3v) is 8.25. The molecule has 0 atom stereocenters. The molecule has 0 unspecified atom stereocenters. The van der Waals surface area contributed by atoms with E-state index >= 15 is 0 Å². The fourth-order valence-corrected chi connectivity index (χ4v) is 6.47. The van der Waals surface area contributed by atoms with Crippen LogP contribution in [0.1, 0.15) is 0 Å². The fourth-order valence-electron chi connectivity index (χ4n) is 6.47. The third-order valence-electron chi connectivity index (χ3n) is 8.25. The summed E-state index contributed by atoms with van der Waals surface area (Å²) in [6, 6.07) is 57.5. The van der Waals surface area contributed by atoms with Gasteiger partial charge in [0, 0.05) is 0 Å². The molecule has 0 aromatic heterocycles. The second kappa shape index (κ2) is 9.22. The van der Waals surface area contributed by atoms with Crippen molar-refractivity contribution in [2.45, 2.75) is 0 Å². The molecule has 186 valence electrons. The number of rotatable bonds is 3. The first-order valence-electron chi connectivity index (χ1n) is 13.9. The molecule has 0 bridgehead atoms. The molecular formula is C40H26. The van der Waals surface area contributed by atoms with Gasteiger partial charge in [-0.1, -0.05) is 152 Å². The number of hydrogen-bond acceptors (Lipinski definition) is 0. The topological polar surface area (TPSA) is 0 Å². The summed E-state index contributed by atoms with van der Waals surface area (Å²) in [6.07, 6.45) is 0. The van der Waals surface area contributed by atoms with Gasteiger partial charge in [-0.15, -0.1) is 0 Å². The lowest BCUT2D eigenvalue weighted by Crippen LogP contribution is -1.92. The molecule has 0 heteroatoms. The molecule has 0 aliphatic carbocycles. The molecule has 0 nitrogen and oxygen atoms in total. The smallest absolute Gasteiger partial charge is 0.00201 e. The Morgan fingerprint density at radius 3 is 1.43 bits per heavy atom. The van der Waals surface area contributed by atoms with Gasteiger partial charge in [0.1, 0.15) is 0 Å². The van der Waals surface area contributed by atoms with E-state index in [2.05, 4.69) is 158 Å². The Morgan fingerprint density at radius 2 is 0.750 bits per heavy atom. The van der Waals surface area contributed by atoms with Crippen LogP contribution in [-0.4, -0.2) is 0 Å². The first-order valence-corrected chi connectivity index (χ1v) is 13.9. The first-order chi connectivity index (χ1) is 19.9. The summed E-state index contributed by atoms with van der Waals surface area (Å²) in [5.74, 6) is 0. The Kier molecular flexibility index (Phi) is 5.24. The number of benzene rings is 8. The summed E-state index contributed by atoms with van der Waals surface area (Å²) in [6.45, 7) is 0. The van der Waals surface area contributed by atoms with E-state index < -0.39 is 0 Å². The van der Waals surface area contributed by atoms with Gasteiger partial charge in [-0.2, -0.15) is 0 Å². The third kappa shape index (κ3) is 3.54. The second-order valence-corrected chi connectivity index (χ2v) is 10.5. The molecule has 0 radical (unpaired) electrons. The maximum atomic E-state index is 2.32. The average Bonchev–Trinajstić information content (AvgIpc) is 3.03. The maximum Gasteiger partial charge on any atom is -0.00201 e. The van der Waals surface area contributed by atoms with Gasteiger partial charge >= 0.3 is 0 Å². The standard InChI is InChI=1S/C40H26/c1-2-13-28(14-3-1)39-35-16-6-8-18-37(35)40(38-19-9-7-17-36(38)39)34-23-11-21-32-31(20-10-22-33(32)34)30-25-24-27-12-4-5-15-29(27)26-30/h1-26H. The molecule has 0 spiro atoms. The molecule has 0 saturated heterocycles. The van der Waals surface area contributed by atoms with E-state index in [9.17, 15) is 0 Å². The normalized spacial score (nSPS) is 11.5. The van der Waals surface area contributed by atoms with Crippen LogP contribution in [0.2, 0.25) is 0 Å². The fraction of sp³-hybridized carbons (Fsp3) is 0. The van der Waals surface area contributed by atoms with Crippen molar-refractivity contribution in [2.75, 3.05) is 0 Å². The molecule has 0 N–H and O–H groups in total. The Labute approximate surface area is 233 Å². The highest BCUT2D eigenvalue weighted by Gasteiger charge is 2.18. The van der Waals surface area contributed by atoms with Crippen molar-refractivity contribution in [2.24, 2.45) is 0 Å². The van der Waals surface area contributed by atoms with Crippen LogP contribution >= 0.6 is 0 Å². The number of hydrogen-bond donors (Lipinski definition) is 0. The van der Waals surface area contributed by atoms with Crippen LogP contribution in [0.5, 0.6) is 0 Å². The van der Waals surface area contributed by atoms with Crippen LogP contribution in [0, 0.1) is 0 Å². The van der Waals surface area contributed by atoms with Crippen molar-refractivity contribution < 1.29 is 0 Å². The van der Waals surface area contributed by atoms with E-state index in [0.29, 0.717) is 0 Å². The average molecular weight is 507 g/mol. The summed E-state index contributed by atoms with van der Waals surface area (Å²) in [7, 11) is 0. The first kappa shape index (κ1) is 22.8. The summed E-state index contributed by atoms with van der Waals surface area (Å²) >= 11 is 0. The van der Waals surface area contributed by atoms with Crippen molar-refractivity contribution in [3.8, 4) is 33.4 Å². The lowest BCUT2D eigenvalue weighted by molar-refractivity contribution is 1.65. The van der Waals surface area contributed by atoms with Crippen LogP contribution in [-0.2, 0) is 0 Å². The van der Waals surface area contributed by atoms with Crippen LogP contribution in [0.25, 0.3) is 76.5 Å². The van der Waals surface area contributed by atoms with E-state index in [-0.39, 0.29) is 0 Å².